The Labute approximate surface area is 170 Å². The van der Waals surface area contributed by atoms with E-state index < -0.39 is 66.1 Å². The molecule has 0 aliphatic heterocycles. The van der Waals surface area contributed by atoms with Gasteiger partial charge in [-0.2, -0.15) is 26.3 Å². The van der Waals surface area contributed by atoms with Crippen LogP contribution >= 0.6 is 0 Å². The lowest BCUT2D eigenvalue weighted by Crippen LogP contribution is -2.48. The van der Waals surface area contributed by atoms with Crippen molar-refractivity contribution < 1.29 is 52.7 Å². The minimum Gasteiger partial charge on any atom is -0.462 e. The van der Waals surface area contributed by atoms with Crippen molar-refractivity contribution in [2.75, 3.05) is 0 Å². The van der Waals surface area contributed by atoms with Crippen LogP contribution in [0.25, 0.3) is 0 Å². The topological polar surface area (TPSA) is 94.6 Å². The number of esters is 1. The fraction of sp³-hybridized carbons (Fsp3) is 0.812. The molecule has 0 N–H and O–H groups in total. The summed E-state index contributed by atoms with van der Waals surface area (Å²) in [4.78, 5) is 12.0. The molecule has 1 rings (SSSR count). The molecule has 1 saturated carbocycles. The minimum atomic E-state index is -6.79. The average molecular weight is 488 g/mol. The Hall–Kier alpha value is -1.31. The highest BCUT2D eigenvalue weighted by Gasteiger charge is 2.63. The first-order chi connectivity index (χ1) is 13.4. The molecule has 30 heavy (non-hydrogen) atoms. The monoisotopic (exact) mass is 488 g/mol. The van der Waals surface area contributed by atoms with Crippen LogP contribution in [-0.2, 0) is 29.2 Å². The average Bonchev–Trinajstić information content (AvgIpc) is 2.56. The molecule has 0 aromatic heterocycles. The molecular weight excluding hydrogens is 466 g/mol. The Kier molecular flexibility index (Phi) is 8.42. The van der Waals surface area contributed by atoms with Crippen molar-refractivity contribution in [3.63, 3.8) is 0 Å². The third kappa shape index (κ3) is 6.34. The highest BCUT2D eigenvalue weighted by atomic mass is 32.3. The number of carbonyl (C=O) groups excluding carboxylic acids is 1. The van der Waals surface area contributed by atoms with Crippen LogP contribution in [0.15, 0.2) is 12.2 Å². The number of ether oxygens (including phenoxy) is 1. The fourth-order valence-corrected chi connectivity index (χ4v) is 6.68. The lowest BCUT2D eigenvalue weighted by Gasteiger charge is -2.32. The minimum absolute atomic E-state index is 0.232. The molecule has 1 atom stereocenters. The summed E-state index contributed by atoms with van der Waals surface area (Å²) in [6, 6.07) is 0. The molecule has 176 valence electrons. The van der Waals surface area contributed by atoms with E-state index in [1.54, 1.807) is 0 Å². The van der Waals surface area contributed by atoms with E-state index >= 15 is 0 Å². The van der Waals surface area contributed by atoms with Gasteiger partial charge in [0.2, 0.25) is 0 Å². The lowest BCUT2D eigenvalue weighted by molar-refractivity contribution is -0.152. The first kappa shape index (κ1) is 26.7. The Morgan fingerprint density at radius 3 is 1.77 bits per heavy atom. The van der Waals surface area contributed by atoms with E-state index in [2.05, 4.69) is 6.58 Å². The van der Waals surface area contributed by atoms with Crippen molar-refractivity contribution in [2.24, 2.45) is 5.92 Å². The second-order valence-electron chi connectivity index (χ2n) is 7.21. The van der Waals surface area contributed by atoms with Gasteiger partial charge < -0.3 is 4.74 Å². The second-order valence-corrected chi connectivity index (χ2v) is 11.7. The molecule has 0 saturated heterocycles. The predicted octanol–water partition coefficient (Wildman–Crippen LogP) is 4.03. The number of sulfone groups is 2. The normalized spacial score (nSPS) is 18.3. The zero-order valence-corrected chi connectivity index (χ0v) is 17.6. The highest BCUT2D eigenvalue weighted by molar-refractivity contribution is 8.09. The van der Waals surface area contributed by atoms with Crippen molar-refractivity contribution in [3.8, 4) is 0 Å². The van der Waals surface area contributed by atoms with Crippen LogP contribution in [0.1, 0.15) is 51.9 Å². The molecule has 1 unspecified atom stereocenters. The second kappa shape index (κ2) is 9.45. The fourth-order valence-electron chi connectivity index (χ4n) is 3.21. The maximum atomic E-state index is 13.0. The number of hydrogen-bond acceptors (Lipinski definition) is 6. The molecular formula is C16H22F6O6S2. The summed E-state index contributed by atoms with van der Waals surface area (Å²) in [6.07, 6.45) is -1.62. The SMILES string of the molecule is C=C(C)CC(=O)OC(CC(S(=O)(=O)C(F)(F)F)S(=O)(=O)C(F)(F)F)C1CCCCC1. The molecule has 1 aliphatic carbocycles. The largest absolute Gasteiger partial charge is 0.498 e. The number of hydrogen-bond donors (Lipinski definition) is 0. The summed E-state index contributed by atoms with van der Waals surface area (Å²) >= 11 is 0. The zero-order chi connectivity index (χ0) is 23.5. The van der Waals surface area contributed by atoms with Crippen molar-refractivity contribution in [1.82, 2.24) is 0 Å². The lowest BCUT2D eigenvalue weighted by atomic mass is 9.84. The van der Waals surface area contributed by atoms with Crippen LogP contribution in [0.5, 0.6) is 0 Å². The van der Waals surface area contributed by atoms with E-state index in [1.807, 2.05) is 0 Å². The molecule has 1 aliphatic rings. The van der Waals surface area contributed by atoms with Crippen molar-refractivity contribution >= 4 is 25.6 Å². The van der Waals surface area contributed by atoms with Crippen LogP contribution in [0, 0.1) is 5.92 Å². The van der Waals surface area contributed by atoms with E-state index in [-0.39, 0.29) is 18.4 Å². The van der Waals surface area contributed by atoms with Crippen LogP contribution in [0.3, 0.4) is 0 Å². The van der Waals surface area contributed by atoms with Gasteiger partial charge in [0.1, 0.15) is 6.10 Å². The number of rotatable bonds is 8. The van der Waals surface area contributed by atoms with Crippen molar-refractivity contribution in [1.29, 1.82) is 0 Å². The van der Waals surface area contributed by atoms with Gasteiger partial charge in [-0.05, 0) is 25.7 Å². The van der Waals surface area contributed by atoms with Gasteiger partial charge in [-0.25, -0.2) is 16.8 Å². The van der Waals surface area contributed by atoms with Gasteiger partial charge >= 0.3 is 17.0 Å². The van der Waals surface area contributed by atoms with E-state index in [9.17, 15) is 48.0 Å². The first-order valence-corrected chi connectivity index (χ1v) is 11.9. The Bertz CT molecular complexity index is 794. The predicted molar refractivity (Wildman–Crippen MR) is 94.2 cm³/mol. The molecule has 0 radical (unpaired) electrons. The van der Waals surface area contributed by atoms with Crippen LogP contribution in [0.2, 0.25) is 0 Å². The smallest absolute Gasteiger partial charge is 0.462 e. The standard InChI is InChI=1S/C16H22F6O6S2/c1-10(2)8-13(23)28-12(11-6-4-3-5-7-11)9-14(29(24,25)15(17,18)19)30(26,27)16(20,21)22/h11-12,14H,1,3-9H2,2H3. The van der Waals surface area contributed by atoms with Gasteiger partial charge in [-0.3, -0.25) is 4.79 Å². The molecule has 14 heteroatoms. The summed E-state index contributed by atoms with van der Waals surface area (Å²) in [7, 11) is -13.6. The summed E-state index contributed by atoms with van der Waals surface area (Å²) in [5.41, 5.74) is -12.2. The van der Waals surface area contributed by atoms with Crippen LogP contribution < -0.4 is 0 Å². The quantitative estimate of drug-likeness (QED) is 0.291. The summed E-state index contributed by atoms with van der Waals surface area (Å²) in [6.45, 7) is 4.85. The van der Waals surface area contributed by atoms with Gasteiger partial charge in [0, 0.05) is 6.42 Å². The van der Waals surface area contributed by atoms with E-state index in [4.69, 9.17) is 4.74 Å². The maximum absolute atomic E-state index is 13.0. The van der Waals surface area contributed by atoms with Gasteiger partial charge in [-0.15, -0.1) is 0 Å². The van der Waals surface area contributed by atoms with Crippen molar-refractivity contribution in [2.45, 2.75) is 73.6 Å². The van der Waals surface area contributed by atoms with Crippen LogP contribution in [-0.4, -0.2) is 44.5 Å². The van der Waals surface area contributed by atoms with Crippen LogP contribution in [0.4, 0.5) is 26.3 Å². The first-order valence-electron chi connectivity index (χ1n) is 8.85. The zero-order valence-electron chi connectivity index (χ0n) is 15.9. The molecule has 0 bridgehead atoms. The molecule has 0 amide bonds. The maximum Gasteiger partial charge on any atom is 0.498 e. The van der Waals surface area contributed by atoms with E-state index in [1.165, 1.54) is 6.92 Å². The van der Waals surface area contributed by atoms with Gasteiger partial charge in [0.15, 0.2) is 4.58 Å². The number of carbonyl (C=O) groups is 1. The summed E-state index contributed by atoms with van der Waals surface area (Å²) < 4.78 is 126. The molecule has 0 aromatic carbocycles. The Morgan fingerprint density at radius 1 is 0.967 bits per heavy atom. The highest BCUT2D eigenvalue weighted by Crippen LogP contribution is 2.40. The molecule has 0 spiro atoms. The van der Waals surface area contributed by atoms with E-state index in [0.29, 0.717) is 19.3 Å². The van der Waals surface area contributed by atoms with Gasteiger partial charge in [-0.1, -0.05) is 31.4 Å². The molecule has 6 nitrogen and oxygen atoms in total. The summed E-state index contributed by atoms with van der Waals surface area (Å²) in [5, 5.41) is 0. The summed E-state index contributed by atoms with van der Waals surface area (Å²) in [5.74, 6) is -1.83. The van der Waals surface area contributed by atoms with Crippen molar-refractivity contribution in [3.05, 3.63) is 12.2 Å². The molecule has 1 fully saturated rings. The molecule has 0 aromatic rings. The Morgan fingerprint density at radius 2 is 1.40 bits per heavy atom. The number of alkyl halides is 6. The van der Waals surface area contributed by atoms with E-state index in [0.717, 1.165) is 0 Å². The van der Waals surface area contributed by atoms with Gasteiger partial charge in [0.05, 0.1) is 6.42 Å². The molecule has 0 heterocycles. The number of halogens is 6. The Balaban J connectivity index is 3.43. The third-order valence-electron chi connectivity index (χ3n) is 4.67. The third-order valence-corrected chi connectivity index (χ3v) is 9.25. The van der Waals surface area contributed by atoms with Gasteiger partial charge in [0.25, 0.3) is 19.7 Å².